The summed E-state index contributed by atoms with van der Waals surface area (Å²) in [5.74, 6) is 0. The molecule has 1 aromatic rings. The average molecular weight is 267 g/mol. The van der Waals surface area contributed by atoms with Crippen molar-refractivity contribution < 1.29 is 8.85 Å². The van der Waals surface area contributed by atoms with Crippen molar-refractivity contribution in [2.45, 2.75) is 12.0 Å². The lowest BCUT2D eigenvalue weighted by Gasteiger charge is -2.22. The molecule has 5 heteroatoms. The van der Waals surface area contributed by atoms with Crippen molar-refractivity contribution in [2.75, 3.05) is 33.9 Å². The predicted octanol–water partition coefficient (Wildman–Crippen LogP) is 0.929. The summed E-state index contributed by atoms with van der Waals surface area (Å²) in [6, 6.07) is 10.4. The Kier molecular flexibility index (Phi) is 7.87. The van der Waals surface area contributed by atoms with Gasteiger partial charge in [-0.2, -0.15) is 0 Å². The lowest BCUT2D eigenvalue weighted by molar-refractivity contribution is 0.263. The van der Waals surface area contributed by atoms with Gasteiger partial charge in [-0.1, -0.05) is 30.3 Å². The Morgan fingerprint density at radius 1 is 1.22 bits per heavy atom. The molecule has 0 aliphatic heterocycles. The number of nitrogens with two attached hydrogens (primary N) is 1. The Balaban J connectivity index is 2.58. The van der Waals surface area contributed by atoms with Crippen molar-refractivity contribution in [3.8, 4) is 0 Å². The van der Waals surface area contributed by atoms with E-state index >= 15 is 0 Å². The molecule has 0 amide bonds. The minimum absolute atomic E-state index is 0.374. The molecule has 0 aromatic heterocycles. The molecule has 18 heavy (non-hydrogen) atoms. The lowest BCUT2D eigenvalue weighted by Crippen LogP contribution is -2.36. The van der Waals surface area contributed by atoms with E-state index in [-0.39, 0.29) is 0 Å². The summed E-state index contributed by atoms with van der Waals surface area (Å²) in [5.41, 5.74) is 7.18. The molecule has 1 aromatic carbocycles. The van der Waals surface area contributed by atoms with Gasteiger partial charge in [-0.25, -0.2) is 0 Å². The van der Waals surface area contributed by atoms with Crippen molar-refractivity contribution in [1.29, 1.82) is 0 Å². The second-order valence-corrected chi connectivity index (χ2v) is 6.38. The molecule has 1 rings (SSSR count). The van der Waals surface area contributed by atoms with Crippen molar-refractivity contribution in [2.24, 2.45) is 5.73 Å². The Morgan fingerprint density at radius 3 is 2.44 bits per heavy atom. The molecule has 1 radical (unpaired) electrons. The molecular weight excluding hydrogens is 244 g/mol. The van der Waals surface area contributed by atoms with Crippen LogP contribution >= 0.6 is 0 Å². The van der Waals surface area contributed by atoms with Crippen LogP contribution in [0.3, 0.4) is 0 Å². The number of rotatable bonds is 9. The van der Waals surface area contributed by atoms with Crippen molar-refractivity contribution >= 4 is 9.28 Å². The highest BCUT2D eigenvalue weighted by atomic mass is 28.3. The van der Waals surface area contributed by atoms with Crippen molar-refractivity contribution in [3.05, 3.63) is 35.9 Å². The van der Waals surface area contributed by atoms with Gasteiger partial charge in [0.1, 0.15) is 0 Å². The van der Waals surface area contributed by atoms with Crippen LogP contribution in [0.2, 0.25) is 5.54 Å². The summed E-state index contributed by atoms with van der Waals surface area (Å²) in [7, 11) is 2.20. The normalized spacial score (nSPS) is 12.9. The highest BCUT2D eigenvalue weighted by Gasteiger charge is 2.26. The first kappa shape index (κ1) is 15.3. The Morgan fingerprint density at radius 2 is 1.89 bits per heavy atom. The minimum Gasteiger partial charge on any atom is -0.397 e. The van der Waals surface area contributed by atoms with Gasteiger partial charge in [0.25, 0.3) is 0 Å². The summed E-state index contributed by atoms with van der Waals surface area (Å²) in [5, 5.41) is 3.34. The van der Waals surface area contributed by atoms with E-state index < -0.39 is 9.28 Å². The van der Waals surface area contributed by atoms with Crippen LogP contribution in [0.4, 0.5) is 0 Å². The highest BCUT2D eigenvalue weighted by Crippen LogP contribution is 2.17. The smallest absolute Gasteiger partial charge is 0.389 e. The maximum absolute atomic E-state index is 5.49. The van der Waals surface area contributed by atoms with E-state index in [0.29, 0.717) is 12.1 Å². The number of benzene rings is 1. The summed E-state index contributed by atoms with van der Waals surface area (Å²) in [6.07, 6.45) is 0.967. The molecule has 0 fully saturated rings. The van der Waals surface area contributed by atoms with Crippen LogP contribution in [0.5, 0.6) is 0 Å². The Bertz CT molecular complexity index is 307. The van der Waals surface area contributed by atoms with E-state index in [1.54, 1.807) is 14.2 Å². The maximum atomic E-state index is 5.49. The molecule has 0 aliphatic carbocycles. The fourth-order valence-electron chi connectivity index (χ4n) is 1.93. The fraction of sp³-hybridized carbons (Fsp3) is 0.538. The van der Waals surface area contributed by atoms with Crippen molar-refractivity contribution in [3.63, 3.8) is 0 Å². The minimum atomic E-state index is -1.24. The zero-order valence-corrected chi connectivity index (χ0v) is 12.2. The molecular formula is C13H23N2O2Si. The summed E-state index contributed by atoms with van der Waals surface area (Å²) in [6.45, 7) is 2.36. The SMILES string of the molecule is CO[Si](OC)C(CNCCN)Cc1ccccc1. The van der Waals surface area contributed by atoms with Gasteiger partial charge < -0.3 is 19.9 Å². The quantitative estimate of drug-likeness (QED) is 0.516. The van der Waals surface area contributed by atoms with Crippen LogP contribution in [-0.2, 0) is 15.3 Å². The zero-order chi connectivity index (χ0) is 13.2. The first-order chi connectivity index (χ1) is 8.81. The largest absolute Gasteiger partial charge is 0.397 e. The molecule has 4 nitrogen and oxygen atoms in total. The third kappa shape index (κ3) is 5.28. The second kappa shape index (κ2) is 9.24. The first-order valence-corrected chi connectivity index (χ1v) is 7.60. The van der Waals surface area contributed by atoms with Gasteiger partial charge in [0.15, 0.2) is 0 Å². The van der Waals surface area contributed by atoms with Crippen LogP contribution in [-0.4, -0.2) is 43.1 Å². The van der Waals surface area contributed by atoms with Gasteiger partial charge in [-0.3, -0.25) is 0 Å². The number of nitrogens with one attached hydrogen (secondary N) is 1. The van der Waals surface area contributed by atoms with E-state index in [2.05, 4.69) is 29.6 Å². The molecule has 3 N–H and O–H groups in total. The maximum Gasteiger partial charge on any atom is 0.389 e. The van der Waals surface area contributed by atoms with Crippen LogP contribution in [0.25, 0.3) is 0 Å². The second-order valence-electron chi connectivity index (χ2n) is 4.11. The molecule has 0 spiro atoms. The monoisotopic (exact) mass is 267 g/mol. The Labute approximate surface area is 111 Å². The van der Waals surface area contributed by atoms with Gasteiger partial charge in [-0.05, 0) is 12.0 Å². The standard InChI is InChI=1S/C13H23N2O2Si/c1-16-18(17-2)13(11-15-9-8-14)10-12-6-4-3-5-7-12/h3-7,13,15H,8-11,14H2,1-2H3. The lowest BCUT2D eigenvalue weighted by atomic mass is 10.1. The van der Waals surface area contributed by atoms with E-state index in [1.807, 2.05) is 6.07 Å². The average Bonchev–Trinajstić information content (AvgIpc) is 2.41. The summed E-state index contributed by atoms with van der Waals surface area (Å²) >= 11 is 0. The van der Waals surface area contributed by atoms with Gasteiger partial charge in [0.2, 0.25) is 0 Å². The zero-order valence-electron chi connectivity index (χ0n) is 11.2. The molecule has 0 saturated heterocycles. The predicted molar refractivity (Wildman–Crippen MR) is 75.6 cm³/mol. The van der Waals surface area contributed by atoms with Crippen molar-refractivity contribution in [1.82, 2.24) is 5.32 Å². The van der Waals surface area contributed by atoms with Gasteiger partial charge in [-0.15, -0.1) is 0 Å². The van der Waals surface area contributed by atoms with E-state index in [9.17, 15) is 0 Å². The molecule has 0 aliphatic rings. The van der Waals surface area contributed by atoms with Crippen LogP contribution in [0.15, 0.2) is 30.3 Å². The Hall–Kier alpha value is -0.723. The molecule has 1 unspecified atom stereocenters. The molecule has 1 atom stereocenters. The summed E-state index contributed by atoms with van der Waals surface area (Å²) in [4.78, 5) is 0. The third-order valence-corrected chi connectivity index (χ3v) is 4.65. The number of hydrogen-bond acceptors (Lipinski definition) is 4. The van der Waals surface area contributed by atoms with Crippen LogP contribution in [0.1, 0.15) is 5.56 Å². The van der Waals surface area contributed by atoms with E-state index in [1.165, 1.54) is 5.56 Å². The van der Waals surface area contributed by atoms with E-state index in [0.717, 1.165) is 19.5 Å². The molecule has 0 saturated carbocycles. The van der Waals surface area contributed by atoms with Gasteiger partial charge in [0, 0.05) is 39.4 Å². The molecule has 0 heterocycles. The third-order valence-electron chi connectivity index (χ3n) is 2.77. The van der Waals surface area contributed by atoms with Gasteiger partial charge in [0.05, 0.1) is 0 Å². The van der Waals surface area contributed by atoms with E-state index in [4.69, 9.17) is 14.6 Å². The van der Waals surface area contributed by atoms with Crippen LogP contribution < -0.4 is 11.1 Å². The molecule has 101 valence electrons. The first-order valence-electron chi connectivity index (χ1n) is 6.21. The van der Waals surface area contributed by atoms with Crippen LogP contribution in [0, 0.1) is 0 Å². The molecule has 0 bridgehead atoms. The van der Waals surface area contributed by atoms with Gasteiger partial charge >= 0.3 is 9.28 Å². The number of hydrogen-bond donors (Lipinski definition) is 2. The summed E-state index contributed by atoms with van der Waals surface area (Å²) < 4.78 is 10.9. The topological polar surface area (TPSA) is 56.5 Å². The fourth-order valence-corrected chi connectivity index (χ4v) is 3.48. The highest BCUT2D eigenvalue weighted by molar-refractivity contribution is 6.46.